The van der Waals surface area contributed by atoms with Crippen molar-refractivity contribution in [1.29, 1.82) is 0 Å². The Labute approximate surface area is 117 Å². The van der Waals surface area contributed by atoms with Crippen LogP contribution in [-0.2, 0) is 0 Å². The summed E-state index contributed by atoms with van der Waals surface area (Å²) < 4.78 is 0. The van der Waals surface area contributed by atoms with Crippen LogP contribution in [0, 0.1) is 5.92 Å². The van der Waals surface area contributed by atoms with Gasteiger partial charge in [0, 0.05) is 12.6 Å². The Morgan fingerprint density at radius 3 is 2.67 bits per heavy atom. The summed E-state index contributed by atoms with van der Waals surface area (Å²) in [5, 5.41) is 3.49. The molecule has 1 saturated heterocycles. The van der Waals surface area contributed by atoms with E-state index in [1.165, 1.54) is 38.0 Å². The van der Waals surface area contributed by atoms with E-state index in [-0.39, 0.29) is 12.4 Å². The van der Waals surface area contributed by atoms with Crippen LogP contribution in [-0.4, -0.2) is 31.6 Å². The number of hydrogen-bond acceptors (Lipinski definition) is 2. The maximum absolute atomic E-state index is 3.49. The van der Waals surface area contributed by atoms with Gasteiger partial charge >= 0.3 is 0 Å². The van der Waals surface area contributed by atoms with Crippen LogP contribution < -0.4 is 5.32 Å². The minimum atomic E-state index is 0. The number of benzene rings is 1. The molecule has 0 aliphatic carbocycles. The van der Waals surface area contributed by atoms with Crippen molar-refractivity contribution in [3.8, 4) is 0 Å². The lowest BCUT2D eigenvalue weighted by atomic mass is 9.98. The summed E-state index contributed by atoms with van der Waals surface area (Å²) in [4.78, 5) is 2.48. The second-order valence-electron chi connectivity index (χ2n) is 5.24. The van der Waals surface area contributed by atoms with Gasteiger partial charge in [-0.3, -0.25) is 4.90 Å². The smallest absolute Gasteiger partial charge is 0.0316 e. The van der Waals surface area contributed by atoms with Gasteiger partial charge in [0.05, 0.1) is 0 Å². The zero-order valence-corrected chi connectivity index (χ0v) is 12.2. The largest absolute Gasteiger partial charge is 0.316 e. The number of nitrogens with zero attached hydrogens (tertiary/aromatic N) is 1. The number of piperidine rings is 1. The van der Waals surface area contributed by atoms with Crippen LogP contribution in [0.15, 0.2) is 30.3 Å². The van der Waals surface area contributed by atoms with Crippen molar-refractivity contribution >= 4 is 12.4 Å². The van der Waals surface area contributed by atoms with Gasteiger partial charge in [0.15, 0.2) is 0 Å². The Kier molecular flexibility index (Phi) is 6.69. The van der Waals surface area contributed by atoms with Crippen LogP contribution in [0.2, 0.25) is 0 Å². The SMILES string of the molecule is CC(c1ccccc1)N(C)CC1CCCNC1.Cl. The molecular formula is C15H25ClN2. The maximum atomic E-state index is 3.49. The topological polar surface area (TPSA) is 15.3 Å². The van der Waals surface area contributed by atoms with E-state index in [0.717, 1.165) is 5.92 Å². The predicted molar refractivity (Wildman–Crippen MR) is 80.3 cm³/mol. The van der Waals surface area contributed by atoms with Crippen molar-refractivity contribution in [2.24, 2.45) is 5.92 Å². The van der Waals surface area contributed by atoms with Gasteiger partial charge in [-0.05, 0) is 51.4 Å². The standard InChI is InChI=1S/C15H24N2.ClH/c1-13(15-8-4-3-5-9-15)17(2)12-14-7-6-10-16-11-14;/h3-5,8-9,13-14,16H,6-7,10-12H2,1-2H3;1H. The summed E-state index contributed by atoms with van der Waals surface area (Å²) in [5.74, 6) is 0.819. The molecule has 1 heterocycles. The zero-order chi connectivity index (χ0) is 12.1. The van der Waals surface area contributed by atoms with Gasteiger partial charge in [0.2, 0.25) is 0 Å². The third-order valence-corrected chi connectivity index (χ3v) is 3.89. The Morgan fingerprint density at radius 2 is 2.06 bits per heavy atom. The molecule has 0 aromatic heterocycles. The maximum Gasteiger partial charge on any atom is 0.0316 e. The quantitative estimate of drug-likeness (QED) is 0.903. The molecule has 0 bridgehead atoms. The fraction of sp³-hybridized carbons (Fsp3) is 0.600. The molecule has 1 aromatic carbocycles. The number of halogens is 1. The normalized spacial score (nSPS) is 21.4. The molecule has 0 saturated carbocycles. The van der Waals surface area contributed by atoms with Gasteiger partial charge < -0.3 is 5.32 Å². The van der Waals surface area contributed by atoms with Gasteiger partial charge in [0.25, 0.3) is 0 Å². The molecule has 1 fully saturated rings. The summed E-state index contributed by atoms with van der Waals surface area (Å²) >= 11 is 0. The molecule has 1 aromatic rings. The molecular weight excluding hydrogens is 244 g/mol. The number of nitrogens with one attached hydrogen (secondary N) is 1. The molecule has 3 heteroatoms. The predicted octanol–water partition coefficient (Wildman–Crippen LogP) is 3.10. The minimum Gasteiger partial charge on any atom is -0.316 e. The summed E-state index contributed by atoms with van der Waals surface area (Å²) in [6.45, 7) is 5.88. The molecule has 0 radical (unpaired) electrons. The average molecular weight is 269 g/mol. The van der Waals surface area contributed by atoms with Crippen molar-refractivity contribution < 1.29 is 0 Å². The number of hydrogen-bond donors (Lipinski definition) is 1. The lowest BCUT2D eigenvalue weighted by Crippen LogP contribution is -2.37. The van der Waals surface area contributed by atoms with E-state index < -0.39 is 0 Å². The first-order chi connectivity index (χ1) is 8.27. The third kappa shape index (κ3) is 4.27. The van der Waals surface area contributed by atoms with E-state index in [2.05, 4.69) is 54.5 Å². The Hall–Kier alpha value is -0.570. The van der Waals surface area contributed by atoms with Gasteiger partial charge in [-0.2, -0.15) is 0 Å². The molecule has 1 N–H and O–H groups in total. The lowest BCUT2D eigenvalue weighted by molar-refractivity contribution is 0.199. The van der Waals surface area contributed by atoms with E-state index in [1.807, 2.05) is 0 Å². The summed E-state index contributed by atoms with van der Waals surface area (Å²) in [6.07, 6.45) is 2.71. The highest BCUT2D eigenvalue weighted by Gasteiger charge is 2.18. The van der Waals surface area contributed by atoms with Crippen molar-refractivity contribution in [3.05, 3.63) is 35.9 Å². The van der Waals surface area contributed by atoms with Crippen LogP contribution in [0.5, 0.6) is 0 Å². The Morgan fingerprint density at radius 1 is 1.33 bits per heavy atom. The molecule has 2 unspecified atom stereocenters. The van der Waals surface area contributed by atoms with Crippen LogP contribution in [0.25, 0.3) is 0 Å². The molecule has 1 aliphatic rings. The first kappa shape index (κ1) is 15.5. The summed E-state index contributed by atoms with van der Waals surface area (Å²) in [5.41, 5.74) is 1.42. The fourth-order valence-corrected chi connectivity index (χ4v) is 2.63. The first-order valence-corrected chi connectivity index (χ1v) is 6.73. The highest BCUT2D eigenvalue weighted by atomic mass is 35.5. The van der Waals surface area contributed by atoms with Gasteiger partial charge in [0.1, 0.15) is 0 Å². The summed E-state index contributed by atoms with van der Waals surface area (Å²) in [7, 11) is 2.24. The molecule has 2 atom stereocenters. The molecule has 1 aliphatic heterocycles. The molecule has 18 heavy (non-hydrogen) atoms. The van der Waals surface area contributed by atoms with Crippen molar-refractivity contribution in [3.63, 3.8) is 0 Å². The van der Waals surface area contributed by atoms with Crippen molar-refractivity contribution in [2.45, 2.75) is 25.8 Å². The second kappa shape index (κ2) is 7.78. The van der Waals surface area contributed by atoms with E-state index in [4.69, 9.17) is 0 Å². The average Bonchev–Trinajstić information content (AvgIpc) is 2.40. The monoisotopic (exact) mass is 268 g/mol. The number of rotatable bonds is 4. The zero-order valence-electron chi connectivity index (χ0n) is 11.4. The Balaban J connectivity index is 0.00000162. The van der Waals surface area contributed by atoms with Gasteiger partial charge in [-0.25, -0.2) is 0 Å². The molecule has 0 spiro atoms. The van der Waals surface area contributed by atoms with Crippen molar-refractivity contribution in [2.75, 3.05) is 26.7 Å². The Bertz CT molecular complexity index is 323. The van der Waals surface area contributed by atoms with Crippen LogP contribution >= 0.6 is 12.4 Å². The van der Waals surface area contributed by atoms with Crippen LogP contribution in [0.3, 0.4) is 0 Å². The molecule has 0 amide bonds. The second-order valence-corrected chi connectivity index (χ2v) is 5.24. The highest BCUT2D eigenvalue weighted by molar-refractivity contribution is 5.85. The highest BCUT2D eigenvalue weighted by Crippen LogP contribution is 2.21. The third-order valence-electron chi connectivity index (χ3n) is 3.89. The van der Waals surface area contributed by atoms with E-state index in [9.17, 15) is 0 Å². The minimum absolute atomic E-state index is 0. The van der Waals surface area contributed by atoms with Crippen LogP contribution in [0.4, 0.5) is 0 Å². The lowest BCUT2D eigenvalue weighted by Gasteiger charge is -2.31. The van der Waals surface area contributed by atoms with Crippen LogP contribution in [0.1, 0.15) is 31.4 Å². The van der Waals surface area contributed by atoms with E-state index >= 15 is 0 Å². The van der Waals surface area contributed by atoms with Gasteiger partial charge in [-0.15, -0.1) is 12.4 Å². The molecule has 2 rings (SSSR count). The van der Waals surface area contributed by atoms with Gasteiger partial charge in [-0.1, -0.05) is 30.3 Å². The molecule has 102 valence electrons. The molecule has 2 nitrogen and oxygen atoms in total. The van der Waals surface area contributed by atoms with Crippen molar-refractivity contribution in [1.82, 2.24) is 10.2 Å². The fourth-order valence-electron chi connectivity index (χ4n) is 2.63. The van der Waals surface area contributed by atoms with E-state index in [0.29, 0.717) is 6.04 Å². The van der Waals surface area contributed by atoms with E-state index in [1.54, 1.807) is 0 Å². The summed E-state index contributed by atoms with van der Waals surface area (Å²) in [6, 6.07) is 11.3. The first-order valence-electron chi connectivity index (χ1n) is 6.73.